The third kappa shape index (κ3) is 4.03. The maximum Gasteiger partial charge on any atom is 0.125 e. The molecular weight excluding hydrogens is 374 g/mol. The van der Waals surface area contributed by atoms with E-state index in [0.717, 1.165) is 20.1 Å². The van der Waals surface area contributed by atoms with Gasteiger partial charge in [0, 0.05) is 32.5 Å². The molecule has 0 radical (unpaired) electrons. The number of rotatable bonds is 4. The van der Waals surface area contributed by atoms with Crippen LogP contribution in [-0.4, -0.2) is 10.1 Å². The monoisotopic (exact) mass is 385 g/mol. The predicted molar refractivity (Wildman–Crippen MR) is 81.0 cm³/mol. The quantitative estimate of drug-likeness (QED) is 0.854. The van der Waals surface area contributed by atoms with Gasteiger partial charge in [0.25, 0.3) is 0 Å². The molecule has 0 aliphatic carbocycles. The van der Waals surface area contributed by atoms with Crippen molar-refractivity contribution in [2.24, 2.45) is 0 Å². The fourth-order valence-electron chi connectivity index (χ4n) is 1.67. The fourth-order valence-corrected chi connectivity index (χ4v) is 2.46. The Balaban J connectivity index is 2.15. The molecule has 0 aliphatic heterocycles. The molecule has 1 heterocycles. The van der Waals surface area contributed by atoms with E-state index in [1.54, 1.807) is 19.3 Å². The summed E-state index contributed by atoms with van der Waals surface area (Å²) in [6, 6.07) is 7.55. The number of nitrogens with zero attached hydrogens (tertiary/aromatic N) is 1. The normalized spacial score (nSPS) is 12.2. The second-order valence-electron chi connectivity index (χ2n) is 4.16. The minimum absolute atomic E-state index is 0.411. The molecule has 1 unspecified atom stereocenters. The van der Waals surface area contributed by atoms with Gasteiger partial charge in [0.2, 0.25) is 0 Å². The average molecular weight is 387 g/mol. The van der Waals surface area contributed by atoms with Crippen LogP contribution in [0.5, 0.6) is 5.75 Å². The third-order valence-electron chi connectivity index (χ3n) is 2.58. The van der Waals surface area contributed by atoms with E-state index >= 15 is 0 Å². The lowest BCUT2D eigenvalue weighted by molar-refractivity contribution is 0.190. The molecule has 0 bridgehead atoms. The Kier molecular flexibility index (Phi) is 4.96. The molecule has 0 saturated heterocycles. The molecular formula is C14H13Br2NO2. The van der Waals surface area contributed by atoms with Crippen LogP contribution in [0.2, 0.25) is 0 Å². The van der Waals surface area contributed by atoms with E-state index in [1.165, 1.54) is 0 Å². The summed E-state index contributed by atoms with van der Waals surface area (Å²) in [6.45, 7) is 2.13. The maximum absolute atomic E-state index is 9.75. The lowest BCUT2D eigenvalue weighted by Crippen LogP contribution is -2.01. The van der Waals surface area contributed by atoms with Crippen LogP contribution < -0.4 is 4.74 Å². The highest BCUT2D eigenvalue weighted by Crippen LogP contribution is 2.29. The number of ether oxygens (including phenoxy) is 1. The highest BCUT2D eigenvalue weighted by Gasteiger charge is 2.10. The lowest BCUT2D eigenvalue weighted by Gasteiger charge is -2.14. The van der Waals surface area contributed by atoms with Gasteiger partial charge in [-0.2, -0.15) is 0 Å². The standard InChI is InChI=1S/C14H13Br2NO2/c1-9(18)13-5-11(15)2-3-14(13)19-8-10-4-12(16)7-17-6-10/h2-7,9,18H,8H2,1H3. The maximum atomic E-state index is 9.75. The topological polar surface area (TPSA) is 42.4 Å². The lowest BCUT2D eigenvalue weighted by atomic mass is 10.1. The van der Waals surface area contributed by atoms with Gasteiger partial charge in [-0.15, -0.1) is 0 Å². The van der Waals surface area contributed by atoms with Crippen molar-refractivity contribution < 1.29 is 9.84 Å². The van der Waals surface area contributed by atoms with Gasteiger partial charge in [-0.1, -0.05) is 15.9 Å². The number of hydrogen-bond donors (Lipinski definition) is 1. The number of aromatic nitrogens is 1. The van der Waals surface area contributed by atoms with E-state index < -0.39 is 6.10 Å². The van der Waals surface area contributed by atoms with Crippen LogP contribution in [0.4, 0.5) is 0 Å². The van der Waals surface area contributed by atoms with Crippen LogP contribution in [0.25, 0.3) is 0 Å². The van der Waals surface area contributed by atoms with Gasteiger partial charge in [-0.3, -0.25) is 4.98 Å². The van der Waals surface area contributed by atoms with Crippen molar-refractivity contribution in [3.63, 3.8) is 0 Å². The number of halogens is 2. The van der Waals surface area contributed by atoms with E-state index in [0.29, 0.717) is 12.4 Å². The molecule has 100 valence electrons. The van der Waals surface area contributed by atoms with Crippen LogP contribution in [0.1, 0.15) is 24.2 Å². The Hall–Kier alpha value is -0.910. The van der Waals surface area contributed by atoms with Crippen molar-refractivity contribution >= 4 is 31.9 Å². The molecule has 2 aromatic rings. The summed E-state index contributed by atoms with van der Waals surface area (Å²) in [5.74, 6) is 0.679. The summed E-state index contributed by atoms with van der Waals surface area (Å²) in [5.41, 5.74) is 1.73. The first-order chi connectivity index (χ1) is 9.06. The Bertz CT molecular complexity index is 573. The summed E-state index contributed by atoms with van der Waals surface area (Å²) in [4.78, 5) is 4.08. The van der Waals surface area contributed by atoms with E-state index in [-0.39, 0.29) is 0 Å². The van der Waals surface area contributed by atoms with Gasteiger partial charge in [0.15, 0.2) is 0 Å². The molecule has 5 heteroatoms. The first kappa shape index (κ1) is 14.5. The molecule has 1 aromatic heterocycles. The Labute approximate surface area is 128 Å². The fraction of sp³-hybridized carbons (Fsp3) is 0.214. The van der Waals surface area contributed by atoms with Crippen molar-refractivity contribution in [1.82, 2.24) is 4.98 Å². The molecule has 19 heavy (non-hydrogen) atoms. The summed E-state index contributed by atoms with van der Waals surface area (Å²) < 4.78 is 7.59. The highest BCUT2D eigenvalue weighted by atomic mass is 79.9. The molecule has 1 atom stereocenters. The van der Waals surface area contributed by atoms with Crippen molar-refractivity contribution in [1.29, 1.82) is 0 Å². The minimum atomic E-state index is -0.576. The number of hydrogen-bond acceptors (Lipinski definition) is 3. The van der Waals surface area contributed by atoms with Crippen LogP contribution >= 0.6 is 31.9 Å². The third-order valence-corrected chi connectivity index (χ3v) is 3.50. The van der Waals surface area contributed by atoms with Gasteiger partial charge in [0.05, 0.1) is 6.10 Å². The minimum Gasteiger partial charge on any atom is -0.488 e. The first-order valence-corrected chi connectivity index (χ1v) is 7.34. The van der Waals surface area contributed by atoms with E-state index in [4.69, 9.17) is 4.74 Å². The molecule has 1 aromatic carbocycles. The van der Waals surface area contributed by atoms with Crippen molar-refractivity contribution in [2.45, 2.75) is 19.6 Å². The molecule has 2 rings (SSSR count). The molecule has 0 amide bonds. The Morgan fingerprint density at radius 3 is 2.68 bits per heavy atom. The molecule has 3 nitrogen and oxygen atoms in total. The van der Waals surface area contributed by atoms with E-state index in [1.807, 2.05) is 24.3 Å². The van der Waals surface area contributed by atoms with Gasteiger partial charge in [0.1, 0.15) is 12.4 Å². The Morgan fingerprint density at radius 2 is 2.00 bits per heavy atom. The zero-order valence-electron chi connectivity index (χ0n) is 10.3. The molecule has 0 saturated carbocycles. The van der Waals surface area contributed by atoms with Gasteiger partial charge in [-0.25, -0.2) is 0 Å². The summed E-state index contributed by atoms with van der Waals surface area (Å²) in [5, 5.41) is 9.75. The van der Waals surface area contributed by atoms with Crippen molar-refractivity contribution in [3.05, 3.63) is 56.7 Å². The van der Waals surface area contributed by atoms with Crippen LogP contribution in [-0.2, 0) is 6.61 Å². The molecule has 0 spiro atoms. The van der Waals surface area contributed by atoms with Gasteiger partial charge < -0.3 is 9.84 Å². The second kappa shape index (κ2) is 6.50. The largest absolute Gasteiger partial charge is 0.488 e. The number of pyridine rings is 1. The van der Waals surface area contributed by atoms with Crippen molar-refractivity contribution in [3.8, 4) is 5.75 Å². The van der Waals surface area contributed by atoms with Gasteiger partial charge >= 0.3 is 0 Å². The zero-order valence-corrected chi connectivity index (χ0v) is 13.5. The SMILES string of the molecule is CC(O)c1cc(Br)ccc1OCc1cncc(Br)c1. The average Bonchev–Trinajstić information content (AvgIpc) is 2.37. The molecule has 1 N–H and O–H groups in total. The molecule has 0 fully saturated rings. The first-order valence-electron chi connectivity index (χ1n) is 5.76. The van der Waals surface area contributed by atoms with Crippen LogP contribution in [0.15, 0.2) is 45.6 Å². The van der Waals surface area contributed by atoms with Gasteiger partial charge in [-0.05, 0) is 47.1 Å². The second-order valence-corrected chi connectivity index (χ2v) is 5.99. The Morgan fingerprint density at radius 1 is 1.21 bits per heavy atom. The number of aliphatic hydroxyl groups is 1. The zero-order chi connectivity index (χ0) is 13.8. The van der Waals surface area contributed by atoms with Crippen molar-refractivity contribution in [2.75, 3.05) is 0 Å². The predicted octanol–water partition coefficient (Wildman–Crippen LogP) is 4.24. The smallest absolute Gasteiger partial charge is 0.125 e. The molecule has 0 aliphatic rings. The van der Waals surface area contributed by atoms with E-state index in [2.05, 4.69) is 36.8 Å². The number of benzene rings is 1. The van der Waals surface area contributed by atoms with E-state index in [9.17, 15) is 5.11 Å². The number of aliphatic hydroxyl groups excluding tert-OH is 1. The summed E-state index contributed by atoms with van der Waals surface area (Å²) in [7, 11) is 0. The highest BCUT2D eigenvalue weighted by molar-refractivity contribution is 9.10. The van der Waals surface area contributed by atoms with Crippen LogP contribution in [0, 0.1) is 0 Å². The summed E-state index contributed by atoms with van der Waals surface area (Å²) >= 11 is 6.76. The summed E-state index contributed by atoms with van der Waals surface area (Å²) in [6.07, 6.45) is 2.91. The van der Waals surface area contributed by atoms with Crippen LogP contribution in [0.3, 0.4) is 0 Å².